The van der Waals surface area contributed by atoms with E-state index in [2.05, 4.69) is 0 Å². The molecule has 1 aromatic rings. The summed E-state index contributed by atoms with van der Waals surface area (Å²) in [5, 5.41) is -0.171. The van der Waals surface area contributed by atoms with Crippen LogP contribution >= 0.6 is 11.6 Å². The maximum absolute atomic E-state index is 13.4. The molecule has 1 aromatic carbocycles. The molecule has 1 nitrogen and oxygen atoms in total. The molecule has 0 saturated heterocycles. The summed E-state index contributed by atoms with van der Waals surface area (Å²) in [6.07, 6.45) is 2.08. The number of benzene rings is 1. The number of hydrogen-bond acceptors (Lipinski definition) is 1. The Morgan fingerprint density at radius 2 is 1.93 bits per heavy atom. The normalized spacial score (nSPS) is 15.7. The summed E-state index contributed by atoms with van der Waals surface area (Å²) in [4.78, 5) is 1.76. The number of nitrogens with zero attached hydrogens (tertiary/aromatic N) is 1. The Labute approximate surface area is 86.3 Å². The molecule has 76 valence electrons. The summed E-state index contributed by atoms with van der Waals surface area (Å²) in [6.45, 7) is 0. The SMILES string of the molecule is CN(c1cc(F)c(Cl)cc1F)C1CC1. The highest BCUT2D eigenvalue weighted by Crippen LogP contribution is 2.33. The van der Waals surface area contributed by atoms with Gasteiger partial charge in [-0.3, -0.25) is 0 Å². The van der Waals surface area contributed by atoms with Crippen LogP contribution in [0.15, 0.2) is 12.1 Å². The Kier molecular flexibility index (Phi) is 2.35. The monoisotopic (exact) mass is 217 g/mol. The van der Waals surface area contributed by atoms with Crippen LogP contribution in [0.25, 0.3) is 0 Å². The standard InChI is InChI=1S/C10H10ClF2N/c1-14(6-2-3-6)10-5-8(12)7(11)4-9(10)13/h4-6H,2-3H2,1H3. The van der Waals surface area contributed by atoms with Gasteiger partial charge in [0.1, 0.15) is 11.6 Å². The molecule has 0 N–H and O–H groups in total. The molecule has 0 aromatic heterocycles. The van der Waals surface area contributed by atoms with Crippen LogP contribution in [0, 0.1) is 11.6 Å². The lowest BCUT2D eigenvalue weighted by molar-refractivity contribution is 0.596. The van der Waals surface area contributed by atoms with E-state index in [4.69, 9.17) is 11.6 Å². The first-order valence-electron chi connectivity index (χ1n) is 4.47. The molecule has 2 rings (SSSR count). The van der Waals surface area contributed by atoms with E-state index in [1.807, 2.05) is 0 Å². The van der Waals surface area contributed by atoms with Crippen molar-refractivity contribution < 1.29 is 8.78 Å². The highest BCUT2D eigenvalue weighted by Gasteiger charge is 2.28. The van der Waals surface area contributed by atoms with Gasteiger partial charge in [0.05, 0.1) is 10.7 Å². The minimum absolute atomic E-state index is 0.171. The van der Waals surface area contributed by atoms with Gasteiger partial charge in [0, 0.05) is 19.2 Å². The zero-order valence-electron chi connectivity index (χ0n) is 7.73. The van der Waals surface area contributed by atoms with Crippen LogP contribution in [0.4, 0.5) is 14.5 Å². The number of anilines is 1. The summed E-state index contributed by atoms with van der Waals surface area (Å²) in [5.74, 6) is -1.04. The molecular formula is C10H10ClF2N. The van der Waals surface area contributed by atoms with Crippen LogP contribution in [-0.4, -0.2) is 13.1 Å². The zero-order valence-corrected chi connectivity index (χ0v) is 8.48. The summed E-state index contributed by atoms with van der Waals surface area (Å²) in [7, 11) is 1.77. The van der Waals surface area contributed by atoms with E-state index in [0.717, 1.165) is 25.0 Å². The summed E-state index contributed by atoms with van der Waals surface area (Å²) < 4.78 is 26.5. The minimum Gasteiger partial charge on any atom is -0.369 e. The summed E-state index contributed by atoms with van der Waals surface area (Å²) >= 11 is 5.45. The fourth-order valence-corrected chi connectivity index (χ4v) is 1.59. The van der Waals surface area contributed by atoms with Crippen molar-refractivity contribution >= 4 is 17.3 Å². The van der Waals surface area contributed by atoms with Crippen molar-refractivity contribution in [3.05, 3.63) is 28.8 Å². The third kappa shape index (κ3) is 1.69. The van der Waals surface area contributed by atoms with Crippen molar-refractivity contribution in [2.24, 2.45) is 0 Å². The predicted octanol–water partition coefficient (Wildman–Crippen LogP) is 3.22. The second-order valence-corrected chi connectivity index (χ2v) is 3.97. The van der Waals surface area contributed by atoms with Crippen LogP contribution in [0.1, 0.15) is 12.8 Å². The Balaban J connectivity index is 2.36. The molecule has 4 heteroatoms. The first-order chi connectivity index (χ1) is 6.59. The van der Waals surface area contributed by atoms with Crippen LogP contribution in [-0.2, 0) is 0 Å². The molecular weight excluding hydrogens is 208 g/mol. The van der Waals surface area contributed by atoms with Crippen molar-refractivity contribution in [3.63, 3.8) is 0 Å². The summed E-state index contributed by atoms with van der Waals surface area (Å²) in [5.41, 5.74) is 0.286. The molecule has 0 bridgehead atoms. The van der Waals surface area contributed by atoms with Crippen LogP contribution in [0.5, 0.6) is 0 Å². The molecule has 0 atom stereocenters. The van der Waals surface area contributed by atoms with Gasteiger partial charge in [0.15, 0.2) is 0 Å². The van der Waals surface area contributed by atoms with E-state index in [0.29, 0.717) is 6.04 Å². The second kappa shape index (κ2) is 3.39. The van der Waals surface area contributed by atoms with Crippen LogP contribution in [0.2, 0.25) is 5.02 Å². The van der Waals surface area contributed by atoms with E-state index in [-0.39, 0.29) is 10.7 Å². The average molecular weight is 218 g/mol. The van der Waals surface area contributed by atoms with Gasteiger partial charge in [-0.05, 0) is 18.9 Å². The van der Waals surface area contributed by atoms with Gasteiger partial charge >= 0.3 is 0 Å². The molecule has 1 fully saturated rings. The maximum Gasteiger partial charge on any atom is 0.148 e. The maximum atomic E-state index is 13.4. The lowest BCUT2D eigenvalue weighted by Gasteiger charge is -2.19. The molecule has 0 spiro atoms. The van der Waals surface area contributed by atoms with Gasteiger partial charge in [-0.1, -0.05) is 11.6 Å². The van der Waals surface area contributed by atoms with Crippen LogP contribution in [0.3, 0.4) is 0 Å². The third-order valence-corrected chi connectivity index (χ3v) is 2.75. The topological polar surface area (TPSA) is 3.24 Å². The van der Waals surface area contributed by atoms with Gasteiger partial charge in [0.2, 0.25) is 0 Å². The highest BCUT2D eigenvalue weighted by molar-refractivity contribution is 6.30. The quantitative estimate of drug-likeness (QED) is 0.688. The summed E-state index contributed by atoms with van der Waals surface area (Å²) in [6, 6.07) is 2.52. The van der Waals surface area contributed by atoms with Crippen molar-refractivity contribution in [1.82, 2.24) is 0 Å². The number of halogens is 3. The lowest BCUT2D eigenvalue weighted by Crippen LogP contribution is -2.20. The molecule has 0 amide bonds. The van der Waals surface area contributed by atoms with Crippen LogP contribution < -0.4 is 4.90 Å². The van der Waals surface area contributed by atoms with E-state index < -0.39 is 11.6 Å². The lowest BCUT2D eigenvalue weighted by atomic mass is 10.2. The average Bonchev–Trinajstić information content (AvgIpc) is 2.93. The fourth-order valence-electron chi connectivity index (χ4n) is 1.44. The largest absolute Gasteiger partial charge is 0.369 e. The Morgan fingerprint density at radius 3 is 2.50 bits per heavy atom. The molecule has 0 unspecified atom stereocenters. The second-order valence-electron chi connectivity index (χ2n) is 3.56. The van der Waals surface area contributed by atoms with Crippen molar-refractivity contribution in [3.8, 4) is 0 Å². The molecule has 0 radical (unpaired) electrons. The van der Waals surface area contributed by atoms with Crippen molar-refractivity contribution in [2.75, 3.05) is 11.9 Å². The molecule has 14 heavy (non-hydrogen) atoms. The number of hydrogen-bond donors (Lipinski definition) is 0. The van der Waals surface area contributed by atoms with Crippen molar-refractivity contribution in [1.29, 1.82) is 0 Å². The Morgan fingerprint density at radius 1 is 1.29 bits per heavy atom. The van der Waals surface area contributed by atoms with Gasteiger partial charge in [-0.15, -0.1) is 0 Å². The molecule has 1 saturated carbocycles. The number of rotatable bonds is 2. The van der Waals surface area contributed by atoms with E-state index >= 15 is 0 Å². The van der Waals surface area contributed by atoms with Gasteiger partial charge < -0.3 is 4.90 Å². The van der Waals surface area contributed by atoms with Gasteiger partial charge in [-0.25, -0.2) is 8.78 Å². The zero-order chi connectivity index (χ0) is 10.3. The molecule has 1 aliphatic carbocycles. The molecule has 1 aliphatic rings. The van der Waals surface area contributed by atoms with E-state index in [9.17, 15) is 8.78 Å². The first-order valence-corrected chi connectivity index (χ1v) is 4.85. The highest BCUT2D eigenvalue weighted by atomic mass is 35.5. The first kappa shape index (κ1) is 9.71. The Bertz CT molecular complexity index is 363. The minimum atomic E-state index is -0.574. The molecule has 0 heterocycles. The predicted molar refractivity (Wildman–Crippen MR) is 52.8 cm³/mol. The Hall–Kier alpha value is -0.830. The smallest absolute Gasteiger partial charge is 0.148 e. The van der Waals surface area contributed by atoms with Crippen molar-refractivity contribution in [2.45, 2.75) is 18.9 Å². The molecule has 0 aliphatic heterocycles. The van der Waals surface area contributed by atoms with Gasteiger partial charge in [-0.2, -0.15) is 0 Å². The fraction of sp³-hybridized carbons (Fsp3) is 0.400. The van der Waals surface area contributed by atoms with E-state index in [1.165, 1.54) is 0 Å². The third-order valence-electron chi connectivity index (χ3n) is 2.46. The van der Waals surface area contributed by atoms with E-state index in [1.54, 1.807) is 11.9 Å². The van der Waals surface area contributed by atoms with Gasteiger partial charge in [0.25, 0.3) is 0 Å².